The molecule has 162 valence electrons. The highest BCUT2D eigenvalue weighted by atomic mass is 16.6. The number of benzene rings is 1. The van der Waals surface area contributed by atoms with Crippen LogP contribution in [0.4, 0.5) is 5.69 Å². The van der Waals surface area contributed by atoms with E-state index >= 15 is 0 Å². The van der Waals surface area contributed by atoms with Gasteiger partial charge >= 0.3 is 11.9 Å². The molecule has 1 N–H and O–H groups in total. The number of nitro groups is 1. The Morgan fingerprint density at radius 2 is 1.87 bits per heavy atom. The van der Waals surface area contributed by atoms with Crippen molar-refractivity contribution in [1.82, 2.24) is 4.90 Å². The number of ether oxygens (including phenoxy) is 2. The van der Waals surface area contributed by atoms with E-state index < -0.39 is 28.9 Å². The van der Waals surface area contributed by atoms with E-state index in [9.17, 15) is 24.8 Å². The van der Waals surface area contributed by atoms with Crippen LogP contribution in [0.25, 0.3) is 0 Å². The summed E-state index contributed by atoms with van der Waals surface area (Å²) in [4.78, 5) is 37.6. The maximum Gasteiger partial charge on any atom is 0.337 e. The minimum absolute atomic E-state index is 0.0588. The third kappa shape index (κ3) is 4.68. The van der Waals surface area contributed by atoms with E-state index in [4.69, 9.17) is 9.47 Å². The van der Waals surface area contributed by atoms with Gasteiger partial charge < -0.3 is 19.5 Å². The molecule has 0 aliphatic carbocycles. The zero-order valence-electron chi connectivity index (χ0n) is 17.7. The quantitative estimate of drug-likeness (QED) is 0.386. The average molecular weight is 418 g/mol. The molecular weight excluding hydrogens is 392 g/mol. The average Bonchev–Trinajstić information content (AvgIpc) is 2.66. The molecule has 9 nitrogen and oxygen atoms in total. The number of carbonyl (C=O) groups excluding carboxylic acids is 1. The van der Waals surface area contributed by atoms with Crippen LogP contribution in [0.5, 0.6) is 0 Å². The van der Waals surface area contributed by atoms with Crippen LogP contribution in [0.3, 0.4) is 0 Å². The first-order valence-electron chi connectivity index (χ1n) is 9.55. The predicted octanol–water partition coefficient (Wildman–Crippen LogP) is 3.57. The molecule has 1 aliphatic rings. The summed E-state index contributed by atoms with van der Waals surface area (Å²) in [6.07, 6.45) is -0.427. The lowest BCUT2D eigenvalue weighted by Crippen LogP contribution is -2.36. The topological polar surface area (TPSA) is 119 Å². The standard InChI is InChI=1S/C21H26N2O7/c1-6-29-11-22-13(4)17(20(24)25)19(15-8-7-9-16(10-15)23(27)28)18(14(22)5)21(26)30-12(2)3/h7-10,12,19H,6,11H2,1-5H3,(H,24,25). The molecule has 0 bridgehead atoms. The summed E-state index contributed by atoms with van der Waals surface area (Å²) in [5.41, 5.74) is 1.07. The Labute approximate surface area is 174 Å². The summed E-state index contributed by atoms with van der Waals surface area (Å²) in [7, 11) is 0. The van der Waals surface area contributed by atoms with Crippen LogP contribution in [0, 0.1) is 10.1 Å². The lowest BCUT2D eigenvalue weighted by Gasteiger charge is -2.37. The van der Waals surface area contributed by atoms with Gasteiger partial charge in [-0.1, -0.05) is 12.1 Å². The monoisotopic (exact) mass is 418 g/mol. The number of nitrogens with zero attached hydrogens (tertiary/aromatic N) is 2. The molecule has 30 heavy (non-hydrogen) atoms. The van der Waals surface area contributed by atoms with Crippen molar-refractivity contribution in [3.05, 3.63) is 62.5 Å². The Morgan fingerprint density at radius 3 is 2.40 bits per heavy atom. The highest BCUT2D eigenvalue weighted by Gasteiger charge is 2.40. The lowest BCUT2D eigenvalue weighted by atomic mass is 9.79. The molecule has 1 heterocycles. The molecule has 1 aromatic rings. The molecule has 0 saturated heterocycles. The first kappa shape index (κ1) is 23.1. The van der Waals surface area contributed by atoms with Crippen molar-refractivity contribution in [2.45, 2.75) is 46.6 Å². The van der Waals surface area contributed by atoms with Gasteiger partial charge in [0.2, 0.25) is 0 Å². The smallest absolute Gasteiger partial charge is 0.337 e. The third-order valence-electron chi connectivity index (χ3n) is 4.80. The second-order valence-electron chi connectivity index (χ2n) is 7.09. The number of carbonyl (C=O) groups is 2. The van der Waals surface area contributed by atoms with Gasteiger partial charge in [-0.2, -0.15) is 0 Å². The highest BCUT2D eigenvalue weighted by Crippen LogP contribution is 2.43. The molecule has 0 aromatic heterocycles. The highest BCUT2D eigenvalue weighted by molar-refractivity contribution is 5.99. The number of aliphatic carboxylic acids is 1. The largest absolute Gasteiger partial charge is 0.478 e. The Kier molecular flexibility index (Phi) is 7.33. The van der Waals surface area contributed by atoms with Crippen molar-refractivity contribution in [3.63, 3.8) is 0 Å². The molecule has 9 heteroatoms. The molecule has 1 aromatic carbocycles. The minimum atomic E-state index is -1.23. The van der Waals surface area contributed by atoms with Crippen molar-refractivity contribution in [1.29, 1.82) is 0 Å². The van der Waals surface area contributed by atoms with Gasteiger partial charge in [-0.25, -0.2) is 9.59 Å². The number of carboxylic acids is 1. The minimum Gasteiger partial charge on any atom is -0.478 e. The second-order valence-corrected chi connectivity index (χ2v) is 7.09. The van der Waals surface area contributed by atoms with E-state index in [0.29, 0.717) is 23.6 Å². The Hall–Kier alpha value is -3.20. The van der Waals surface area contributed by atoms with E-state index in [0.717, 1.165) is 0 Å². The molecule has 0 fully saturated rings. The number of hydrogen-bond acceptors (Lipinski definition) is 7. The zero-order chi connectivity index (χ0) is 22.6. The summed E-state index contributed by atoms with van der Waals surface area (Å²) in [6, 6.07) is 5.64. The van der Waals surface area contributed by atoms with Crippen molar-refractivity contribution >= 4 is 17.6 Å². The van der Waals surface area contributed by atoms with Gasteiger partial charge in [0.1, 0.15) is 6.73 Å². The van der Waals surface area contributed by atoms with Crippen LogP contribution in [-0.4, -0.2) is 46.3 Å². The van der Waals surface area contributed by atoms with Crippen LogP contribution in [0.15, 0.2) is 46.8 Å². The second kappa shape index (κ2) is 9.53. The number of esters is 1. The van der Waals surface area contributed by atoms with Gasteiger partial charge in [0.25, 0.3) is 5.69 Å². The van der Waals surface area contributed by atoms with Crippen LogP contribution >= 0.6 is 0 Å². The number of nitro benzene ring substituents is 1. The maximum absolute atomic E-state index is 13.0. The fourth-order valence-electron chi connectivity index (χ4n) is 3.45. The van der Waals surface area contributed by atoms with E-state index in [1.54, 1.807) is 45.6 Å². The Bertz CT molecular complexity index is 918. The van der Waals surface area contributed by atoms with Crippen molar-refractivity contribution in [3.8, 4) is 0 Å². The predicted molar refractivity (Wildman–Crippen MR) is 108 cm³/mol. The molecule has 2 rings (SSSR count). The Balaban J connectivity index is 2.76. The van der Waals surface area contributed by atoms with Crippen LogP contribution < -0.4 is 0 Å². The van der Waals surface area contributed by atoms with Crippen molar-refractivity contribution in [2.24, 2.45) is 0 Å². The van der Waals surface area contributed by atoms with Crippen molar-refractivity contribution in [2.75, 3.05) is 13.3 Å². The summed E-state index contributed by atoms with van der Waals surface area (Å²) in [6.45, 7) is 8.96. The number of allylic oxidation sites excluding steroid dienone is 2. The van der Waals surface area contributed by atoms with Crippen LogP contribution in [0.2, 0.25) is 0 Å². The summed E-state index contributed by atoms with van der Waals surface area (Å²) in [5.74, 6) is -2.92. The summed E-state index contributed by atoms with van der Waals surface area (Å²) >= 11 is 0. The molecule has 0 amide bonds. The SMILES string of the molecule is CCOCN1C(C)=C(C(=O)O)C(c2cccc([N+](=O)[O-])c2)C(C(=O)OC(C)C)=C1C. The zero-order valence-corrected chi connectivity index (χ0v) is 17.7. The lowest BCUT2D eigenvalue weighted by molar-refractivity contribution is -0.384. The van der Waals surface area contributed by atoms with Crippen LogP contribution in [0.1, 0.15) is 46.1 Å². The Morgan fingerprint density at radius 1 is 1.23 bits per heavy atom. The molecule has 0 spiro atoms. The number of rotatable bonds is 8. The van der Waals surface area contributed by atoms with Gasteiger partial charge in [0.05, 0.1) is 28.1 Å². The molecule has 0 saturated carbocycles. The molecule has 1 unspecified atom stereocenters. The van der Waals surface area contributed by atoms with Crippen LogP contribution in [-0.2, 0) is 19.1 Å². The molecule has 1 atom stereocenters. The number of hydrogen-bond donors (Lipinski definition) is 1. The van der Waals surface area contributed by atoms with Gasteiger partial charge in [-0.05, 0) is 40.2 Å². The third-order valence-corrected chi connectivity index (χ3v) is 4.80. The van der Waals surface area contributed by atoms with Gasteiger partial charge in [0.15, 0.2) is 0 Å². The number of carboxylic acid groups (broad SMARTS) is 1. The van der Waals surface area contributed by atoms with Gasteiger partial charge in [0, 0.05) is 30.1 Å². The first-order valence-corrected chi connectivity index (χ1v) is 9.55. The van der Waals surface area contributed by atoms with Gasteiger partial charge in [-0.3, -0.25) is 10.1 Å². The molecule has 0 radical (unpaired) electrons. The number of non-ortho nitro benzene ring substituents is 1. The van der Waals surface area contributed by atoms with E-state index in [2.05, 4.69) is 0 Å². The van der Waals surface area contributed by atoms with E-state index in [1.165, 1.54) is 18.2 Å². The maximum atomic E-state index is 13.0. The summed E-state index contributed by atoms with van der Waals surface area (Å²) < 4.78 is 10.9. The normalized spacial score (nSPS) is 16.9. The van der Waals surface area contributed by atoms with E-state index in [-0.39, 0.29) is 23.6 Å². The summed E-state index contributed by atoms with van der Waals surface area (Å²) in [5, 5.41) is 21.3. The van der Waals surface area contributed by atoms with Crippen molar-refractivity contribution < 1.29 is 29.1 Å². The fourth-order valence-corrected chi connectivity index (χ4v) is 3.45. The molecule has 1 aliphatic heterocycles. The first-order chi connectivity index (χ1) is 14.1. The molecular formula is C21H26N2O7. The fraction of sp³-hybridized carbons (Fsp3) is 0.429. The van der Waals surface area contributed by atoms with Gasteiger partial charge in [-0.15, -0.1) is 0 Å². The van der Waals surface area contributed by atoms with E-state index in [1.807, 2.05) is 0 Å².